The molecule has 2 aromatic heterocycles. The highest BCUT2D eigenvalue weighted by atomic mass is 35.5. The third-order valence-electron chi connectivity index (χ3n) is 5.21. The van der Waals surface area contributed by atoms with Crippen molar-refractivity contribution in [2.45, 2.75) is 0 Å². The molecule has 162 valence electrons. The normalized spacial score (nSPS) is 10.9. The minimum atomic E-state index is -0.480. The van der Waals surface area contributed by atoms with Crippen molar-refractivity contribution in [2.75, 3.05) is 12.4 Å². The number of ether oxygens (including phenoxy) is 1. The molecule has 0 amide bonds. The summed E-state index contributed by atoms with van der Waals surface area (Å²) in [7, 11) is 1.64. The van der Waals surface area contributed by atoms with Gasteiger partial charge in [0.2, 0.25) is 0 Å². The maximum absolute atomic E-state index is 13.7. The molecule has 1 N–H and O–H groups in total. The SMILES string of the molecule is COc1cccc(-c2cccc3c(Nc4ccc(F)c(Cl)c4)nc(-c4cccnc4)nc23)c1. The molecule has 0 unspecified atom stereocenters. The van der Waals surface area contributed by atoms with Gasteiger partial charge in [-0.25, -0.2) is 14.4 Å². The van der Waals surface area contributed by atoms with Crippen LogP contribution in [0.25, 0.3) is 33.4 Å². The number of pyridine rings is 1. The summed E-state index contributed by atoms with van der Waals surface area (Å²) < 4.78 is 19.1. The second-order valence-electron chi connectivity index (χ2n) is 7.33. The lowest BCUT2D eigenvalue weighted by Gasteiger charge is -2.14. The van der Waals surface area contributed by atoms with Crippen molar-refractivity contribution in [3.8, 4) is 28.3 Å². The first-order chi connectivity index (χ1) is 16.1. The van der Waals surface area contributed by atoms with Crippen LogP contribution in [-0.4, -0.2) is 22.1 Å². The van der Waals surface area contributed by atoms with Crippen LogP contribution < -0.4 is 10.1 Å². The number of halogens is 2. The number of rotatable bonds is 5. The second kappa shape index (κ2) is 8.84. The molecule has 0 bridgehead atoms. The number of hydrogen-bond acceptors (Lipinski definition) is 5. The largest absolute Gasteiger partial charge is 0.497 e. The van der Waals surface area contributed by atoms with Crippen molar-refractivity contribution in [1.29, 1.82) is 0 Å². The molecule has 0 aliphatic rings. The van der Waals surface area contributed by atoms with Crippen molar-refractivity contribution >= 4 is 34.0 Å². The monoisotopic (exact) mass is 456 g/mol. The molecule has 5 rings (SSSR count). The van der Waals surface area contributed by atoms with Gasteiger partial charge in [0, 0.05) is 34.6 Å². The van der Waals surface area contributed by atoms with Crippen LogP contribution in [0.15, 0.2) is 85.2 Å². The van der Waals surface area contributed by atoms with E-state index in [1.54, 1.807) is 25.6 Å². The second-order valence-corrected chi connectivity index (χ2v) is 7.73. The molecule has 0 saturated carbocycles. The predicted molar refractivity (Wildman–Crippen MR) is 129 cm³/mol. The molecule has 7 heteroatoms. The number of hydrogen-bond donors (Lipinski definition) is 1. The van der Waals surface area contributed by atoms with E-state index >= 15 is 0 Å². The van der Waals surface area contributed by atoms with Crippen LogP contribution in [0.3, 0.4) is 0 Å². The topological polar surface area (TPSA) is 59.9 Å². The van der Waals surface area contributed by atoms with Crippen LogP contribution in [-0.2, 0) is 0 Å². The molecule has 0 fully saturated rings. The molecule has 0 aliphatic carbocycles. The highest BCUT2D eigenvalue weighted by Gasteiger charge is 2.15. The van der Waals surface area contributed by atoms with Gasteiger partial charge < -0.3 is 10.1 Å². The Balaban J connectivity index is 1.73. The number of para-hydroxylation sites is 1. The molecule has 0 aliphatic heterocycles. The van der Waals surface area contributed by atoms with Gasteiger partial charge in [-0.1, -0.05) is 35.9 Å². The number of nitrogens with zero attached hydrogens (tertiary/aromatic N) is 3. The molecular weight excluding hydrogens is 439 g/mol. The Morgan fingerprint density at radius 2 is 1.76 bits per heavy atom. The van der Waals surface area contributed by atoms with Gasteiger partial charge in [0.1, 0.15) is 17.4 Å². The summed E-state index contributed by atoms with van der Waals surface area (Å²) in [6, 6.07) is 21.9. The first-order valence-electron chi connectivity index (χ1n) is 10.2. The number of fused-ring (bicyclic) bond motifs is 1. The minimum Gasteiger partial charge on any atom is -0.497 e. The zero-order valence-corrected chi connectivity index (χ0v) is 18.3. The number of methoxy groups -OCH3 is 1. The summed E-state index contributed by atoms with van der Waals surface area (Å²) >= 11 is 5.99. The molecule has 33 heavy (non-hydrogen) atoms. The van der Waals surface area contributed by atoms with Gasteiger partial charge in [-0.3, -0.25) is 4.98 Å². The quantitative estimate of drug-likeness (QED) is 0.311. The van der Waals surface area contributed by atoms with Crippen LogP contribution >= 0.6 is 11.6 Å². The number of aromatic nitrogens is 3. The molecule has 5 aromatic rings. The summed E-state index contributed by atoms with van der Waals surface area (Å²) in [6.07, 6.45) is 3.42. The van der Waals surface area contributed by atoms with Gasteiger partial charge in [-0.2, -0.15) is 0 Å². The highest BCUT2D eigenvalue weighted by Crippen LogP contribution is 2.35. The zero-order chi connectivity index (χ0) is 22.8. The summed E-state index contributed by atoms with van der Waals surface area (Å²) in [6.45, 7) is 0. The maximum atomic E-state index is 13.7. The molecule has 0 saturated heterocycles. The summed E-state index contributed by atoms with van der Waals surface area (Å²) in [5.74, 6) is 1.37. The fourth-order valence-corrected chi connectivity index (χ4v) is 3.79. The fourth-order valence-electron chi connectivity index (χ4n) is 3.61. The predicted octanol–water partition coefficient (Wildman–Crippen LogP) is 6.90. The van der Waals surface area contributed by atoms with Crippen molar-refractivity contribution in [1.82, 2.24) is 15.0 Å². The Morgan fingerprint density at radius 1 is 0.909 bits per heavy atom. The third kappa shape index (κ3) is 4.21. The Bertz CT molecular complexity index is 1460. The van der Waals surface area contributed by atoms with Crippen LogP contribution in [0.1, 0.15) is 0 Å². The average Bonchev–Trinajstić information content (AvgIpc) is 2.86. The molecule has 2 heterocycles. The first-order valence-corrected chi connectivity index (χ1v) is 10.6. The van der Waals surface area contributed by atoms with E-state index < -0.39 is 5.82 Å². The van der Waals surface area contributed by atoms with Crippen molar-refractivity contribution in [3.05, 3.63) is 96.0 Å². The van der Waals surface area contributed by atoms with E-state index in [9.17, 15) is 4.39 Å². The Morgan fingerprint density at radius 3 is 2.55 bits per heavy atom. The average molecular weight is 457 g/mol. The van der Waals surface area contributed by atoms with Crippen molar-refractivity contribution in [3.63, 3.8) is 0 Å². The van der Waals surface area contributed by atoms with E-state index in [4.69, 9.17) is 26.3 Å². The van der Waals surface area contributed by atoms with E-state index in [0.717, 1.165) is 33.3 Å². The van der Waals surface area contributed by atoms with Crippen LogP contribution in [0.4, 0.5) is 15.9 Å². The minimum absolute atomic E-state index is 0.0305. The Labute approximate surface area is 194 Å². The Hall–Kier alpha value is -4.03. The van der Waals surface area contributed by atoms with Crippen molar-refractivity contribution < 1.29 is 9.13 Å². The number of anilines is 2. The standard InChI is InChI=1S/C26H18ClFN4O/c1-33-19-7-2-5-16(13-19)20-8-3-9-21-24(20)31-25(17-6-4-12-29-15-17)32-26(21)30-18-10-11-23(28)22(27)14-18/h2-15H,1H3,(H,30,31,32). The fraction of sp³-hybridized carbons (Fsp3) is 0.0385. The van der Waals surface area contributed by atoms with E-state index in [1.807, 2.05) is 54.6 Å². The van der Waals surface area contributed by atoms with E-state index in [1.165, 1.54) is 12.1 Å². The van der Waals surface area contributed by atoms with E-state index in [0.29, 0.717) is 17.3 Å². The maximum Gasteiger partial charge on any atom is 0.163 e. The zero-order valence-electron chi connectivity index (χ0n) is 17.6. The Kier molecular flexibility index (Phi) is 5.59. The number of nitrogens with one attached hydrogen (secondary N) is 1. The van der Waals surface area contributed by atoms with Gasteiger partial charge in [0.25, 0.3) is 0 Å². The first kappa shape index (κ1) is 20.8. The van der Waals surface area contributed by atoms with Crippen LogP contribution in [0, 0.1) is 5.82 Å². The van der Waals surface area contributed by atoms with E-state index in [-0.39, 0.29) is 5.02 Å². The smallest absolute Gasteiger partial charge is 0.163 e. The lowest BCUT2D eigenvalue weighted by molar-refractivity contribution is 0.415. The van der Waals surface area contributed by atoms with Crippen LogP contribution in [0.5, 0.6) is 5.75 Å². The molecule has 0 spiro atoms. The molecule has 5 nitrogen and oxygen atoms in total. The van der Waals surface area contributed by atoms with Gasteiger partial charge in [-0.05, 0) is 54.1 Å². The highest BCUT2D eigenvalue weighted by molar-refractivity contribution is 6.31. The lowest BCUT2D eigenvalue weighted by Crippen LogP contribution is -2.01. The van der Waals surface area contributed by atoms with Gasteiger partial charge in [0.15, 0.2) is 5.82 Å². The third-order valence-corrected chi connectivity index (χ3v) is 5.50. The van der Waals surface area contributed by atoms with Gasteiger partial charge >= 0.3 is 0 Å². The van der Waals surface area contributed by atoms with Crippen molar-refractivity contribution in [2.24, 2.45) is 0 Å². The van der Waals surface area contributed by atoms with E-state index in [2.05, 4.69) is 10.3 Å². The number of benzene rings is 3. The molecule has 3 aromatic carbocycles. The lowest BCUT2D eigenvalue weighted by atomic mass is 10.0. The van der Waals surface area contributed by atoms with Gasteiger partial charge in [0.05, 0.1) is 17.6 Å². The molecular formula is C26H18ClFN4O. The summed E-state index contributed by atoms with van der Waals surface area (Å²) in [5.41, 5.74) is 4.05. The molecule has 0 radical (unpaired) electrons. The van der Waals surface area contributed by atoms with Gasteiger partial charge in [-0.15, -0.1) is 0 Å². The van der Waals surface area contributed by atoms with Crippen LogP contribution in [0.2, 0.25) is 5.02 Å². The summed E-state index contributed by atoms with van der Waals surface area (Å²) in [5, 5.41) is 4.12. The summed E-state index contributed by atoms with van der Waals surface area (Å²) in [4.78, 5) is 13.9. The molecule has 0 atom stereocenters.